The van der Waals surface area contributed by atoms with Crippen molar-refractivity contribution in [2.45, 2.75) is 50.5 Å². The van der Waals surface area contributed by atoms with Crippen LogP contribution in [0.2, 0.25) is 0 Å². The van der Waals surface area contributed by atoms with E-state index in [1.807, 2.05) is 6.92 Å². The lowest BCUT2D eigenvalue weighted by Crippen LogP contribution is -2.33. The van der Waals surface area contributed by atoms with E-state index in [-0.39, 0.29) is 18.2 Å². The third-order valence-corrected chi connectivity index (χ3v) is 4.00. The molecule has 116 valence electrons. The number of esters is 1. The molecule has 3 atom stereocenters. The van der Waals surface area contributed by atoms with Crippen molar-refractivity contribution < 1.29 is 14.3 Å². The van der Waals surface area contributed by atoms with Gasteiger partial charge in [0.1, 0.15) is 12.3 Å². The van der Waals surface area contributed by atoms with Crippen LogP contribution < -0.4 is 11.2 Å². The number of carbonyl (C=O) groups excluding carboxylic acids is 1. The number of aromatic nitrogens is 2. The van der Waals surface area contributed by atoms with Crippen LogP contribution in [0, 0.1) is 0 Å². The minimum absolute atomic E-state index is 0.259. The molecule has 0 bridgehead atoms. The zero-order chi connectivity index (χ0) is 15.6. The SMILES string of the molecule is CC[C@H]1O[C@@H](n2cc(CBr)c(=O)[nH]c2=O)C[C@@H]1OC(C)=O. The number of ether oxygens (including phenoxy) is 2. The van der Waals surface area contributed by atoms with Gasteiger partial charge in [0.05, 0.1) is 6.10 Å². The highest BCUT2D eigenvalue weighted by molar-refractivity contribution is 9.08. The number of hydrogen-bond acceptors (Lipinski definition) is 5. The van der Waals surface area contributed by atoms with Gasteiger partial charge in [-0.15, -0.1) is 0 Å². The molecule has 1 saturated heterocycles. The third kappa shape index (κ3) is 3.44. The molecule has 0 unspecified atom stereocenters. The standard InChI is InChI=1S/C13H17BrN2O5/c1-3-9-10(20-7(2)17)4-11(21-9)16-6-8(5-14)12(18)15-13(16)19/h6,9-11H,3-5H2,1-2H3,(H,15,18,19)/t9-,10+,11-/m1/s1. The molecule has 7 nitrogen and oxygen atoms in total. The van der Waals surface area contributed by atoms with Crippen LogP contribution in [0.1, 0.15) is 38.5 Å². The number of halogens is 1. The van der Waals surface area contributed by atoms with Crippen LogP contribution in [0.25, 0.3) is 0 Å². The van der Waals surface area contributed by atoms with Crippen LogP contribution in [0.5, 0.6) is 0 Å². The van der Waals surface area contributed by atoms with Crippen molar-refractivity contribution >= 4 is 21.9 Å². The number of hydrogen-bond donors (Lipinski definition) is 1. The number of nitrogens with one attached hydrogen (secondary N) is 1. The number of aromatic amines is 1. The van der Waals surface area contributed by atoms with Crippen LogP contribution in [0.4, 0.5) is 0 Å². The van der Waals surface area contributed by atoms with E-state index in [0.29, 0.717) is 23.7 Å². The predicted molar refractivity (Wildman–Crippen MR) is 78.3 cm³/mol. The van der Waals surface area contributed by atoms with Crippen LogP contribution in [0.15, 0.2) is 15.8 Å². The van der Waals surface area contributed by atoms with Crippen molar-refractivity contribution in [3.8, 4) is 0 Å². The van der Waals surface area contributed by atoms with Crippen molar-refractivity contribution in [1.82, 2.24) is 9.55 Å². The fourth-order valence-electron chi connectivity index (χ4n) is 2.41. The highest BCUT2D eigenvalue weighted by atomic mass is 79.9. The summed E-state index contributed by atoms with van der Waals surface area (Å²) < 4.78 is 12.3. The maximum absolute atomic E-state index is 11.9. The first-order chi connectivity index (χ1) is 9.96. The smallest absolute Gasteiger partial charge is 0.330 e. The molecule has 1 N–H and O–H groups in total. The van der Waals surface area contributed by atoms with E-state index in [1.165, 1.54) is 17.7 Å². The molecular formula is C13H17BrN2O5. The number of H-pyrrole nitrogens is 1. The van der Waals surface area contributed by atoms with Crippen LogP contribution in [-0.4, -0.2) is 27.7 Å². The lowest BCUT2D eigenvalue weighted by molar-refractivity contribution is -0.149. The number of rotatable bonds is 4. The molecule has 21 heavy (non-hydrogen) atoms. The van der Waals surface area contributed by atoms with Gasteiger partial charge in [0.25, 0.3) is 5.56 Å². The van der Waals surface area contributed by atoms with Crippen molar-refractivity contribution in [1.29, 1.82) is 0 Å². The van der Waals surface area contributed by atoms with Crippen molar-refractivity contribution in [3.63, 3.8) is 0 Å². The topological polar surface area (TPSA) is 90.4 Å². The minimum atomic E-state index is -0.554. The van der Waals surface area contributed by atoms with Gasteiger partial charge in [0.2, 0.25) is 0 Å². The highest BCUT2D eigenvalue weighted by Crippen LogP contribution is 2.31. The molecule has 0 radical (unpaired) electrons. The largest absolute Gasteiger partial charge is 0.460 e. The first kappa shape index (κ1) is 16.0. The van der Waals surface area contributed by atoms with Crippen molar-refractivity contribution in [3.05, 3.63) is 32.6 Å². The molecular weight excluding hydrogens is 344 g/mol. The minimum Gasteiger partial charge on any atom is -0.460 e. The summed E-state index contributed by atoms with van der Waals surface area (Å²) in [6.07, 6.45) is 1.32. The van der Waals surface area contributed by atoms with Gasteiger partial charge in [0, 0.05) is 30.4 Å². The van der Waals surface area contributed by atoms with E-state index < -0.39 is 17.5 Å². The van der Waals surface area contributed by atoms with Gasteiger partial charge in [-0.3, -0.25) is 19.1 Å². The second-order valence-electron chi connectivity index (χ2n) is 4.88. The Hall–Kier alpha value is -1.41. The van der Waals surface area contributed by atoms with E-state index in [2.05, 4.69) is 20.9 Å². The Balaban J connectivity index is 2.29. The number of alkyl halides is 1. The summed E-state index contributed by atoms with van der Waals surface area (Å²) >= 11 is 3.20. The van der Waals surface area contributed by atoms with E-state index in [0.717, 1.165) is 0 Å². The van der Waals surface area contributed by atoms with Gasteiger partial charge < -0.3 is 9.47 Å². The molecule has 1 aliphatic heterocycles. The molecule has 1 fully saturated rings. The van der Waals surface area contributed by atoms with Gasteiger partial charge in [-0.25, -0.2) is 4.79 Å². The zero-order valence-electron chi connectivity index (χ0n) is 11.8. The summed E-state index contributed by atoms with van der Waals surface area (Å²) in [5.41, 5.74) is -0.523. The molecule has 0 spiro atoms. The second-order valence-corrected chi connectivity index (χ2v) is 5.44. The number of carbonyl (C=O) groups is 1. The summed E-state index contributed by atoms with van der Waals surface area (Å²) in [4.78, 5) is 36.9. The monoisotopic (exact) mass is 360 g/mol. The van der Waals surface area contributed by atoms with Crippen LogP contribution in [0.3, 0.4) is 0 Å². The van der Waals surface area contributed by atoms with Gasteiger partial charge in [-0.2, -0.15) is 0 Å². The molecule has 1 aliphatic rings. The lowest BCUT2D eigenvalue weighted by atomic mass is 10.1. The Morgan fingerprint density at radius 1 is 1.57 bits per heavy atom. The normalized spacial score (nSPS) is 25.0. The van der Waals surface area contributed by atoms with Crippen molar-refractivity contribution in [2.24, 2.45) is 0 Å². The van der Waals surface area contributed by atoms with Crippen molar-refractivity contribution in [2.75, 3.05) is 0 Å². The quantitative estimate of drug-likeness (QED) is 0.640. The summed E-state index contributed by atoms with van der Waals surface area (Å²) in [7, 11) is 0. The maximum Gasteiger partial charge on any atom is 0.330 e. The molecule has 0 saturated carbocycles. The molecule has 1 aromatic heterocycles. The number of nitrogens with zero attached hydrogens (tertiary/aromatic N) is 1. The molecule has 0 aromatic carbocycles. The zero-order valence-corrected chi connectivity index (χ0v) is 13.4. The Bertz CT molecular complexity index is 638. The first-order valence-corrected chi connectivity index (χ1v) is 7.81. The summed E-state index contributed by atoms with van der Waals surface area (Å²) in [6.45, 7) is 3.26. The molecule has 1 aromatic rings. The maximum atomic E-state index is 11.9. The summed E-state index contributed by atoms with van der Waals surface area (Å²) in [5.74, 6) is -0.377. The van der Waals surface area contributed by atoms with Gasteiger partial charge in [0.15, 0.2) is 0 Å². The Kier molecular flexibility index (Phi) is 5.00. The molecule has 8 heteroatoms. The molecule has 2 rings (SSSR count). The van der Waals surface area contributed by atoms with Crippen LogP contribution >= 0.6 is 15.9 Å². The van der Waals surface area contributed by atoms with E-state index in [1.54, 1.807) is 0 Å². The average Bonchev–Trinajstić information content (AvgIpc) is 2.81. The van der Waals surface area contributed by atoms with E-state index >= 15 is 0 Å². The van der Waals surface area contributed by atoms with Crippen LogP contribution in [-0.2, 0) is 19.6 Å². The average molecular weight is 361 g/mol. The summed E-state index contributed by atoms with van der Waals surface area (Å²) in [6, 6.07) is 0. The Morgan fingerprint density at radius 2 is 2.29 bits per heavy atom. The summed E-state index contributed by atoms with van der Waals surface area (Å²) in [5, 5.41) is 0.333. The third-order valence-electron chi connectivity index (χ3n) is 3.40. The highest BCUT2D eigenvalue weighted by Gasteiger charge is 2.37. The van der Waals surface area contributed by atoms with Gasteiger partial charge >= 0.3 is 11.7 Å². The van der Waals surface area contributed by atoms with Gasteiger partial charge in [-0.1, -0.05) is 22.9 Å². The fourth-order valence-corrected chi connectivity index (χ4v) is 2.81. The van der Waals surface area contributed by atoms with E-state index in [9.17, 15) is 14.4 Å². The lowest BCUT2D eigenvalue weighted by Gasteiger charge is -2.16. The Labute approximate surface area is 129 Å². The van der Waals surface area contributed by atoms with E-state index in [4.69, 9.17) is 9.47 Å². The molecule has 0 aliphatic carbocycles. The molecule has 2 heterocycles. The first-order valence-electron chi connectivity index (χ1n) is 6.69. The van der Waals surface area contributed by atoms with Gasteiger partial charge in [-0.05, 0) is 6.42 Å². The Morgan fingerprint density at radius 3 is 2.86 bits per heavy atom. The fraction of sp³-hybridized carbons (Fsp3) is 0.615. The second kappa shape index (κ2) is 6.57. The predicted octanol–water partition coefficient (Wildman–Crippen LogP) is 1.06. The molecule has 0 amide bonds.